The van der Waals surface area contributed by atoms with Crippen LogP contribution in [0, 0.1) is 0 Å². The van der Waals surface area contributed by atoms with Crippen LogP contribution in [0.4, 0.5) is 0 Å². The number of rotatable bonds is 3. The van der Waals surface area contributed by atoms with Gasteiger partial charge in [0.2, 0.25) is 0 Å². The number of hydrogen-bond donors (Lipinski definition) is 2. The fraction of sp³-hybridized carbons (Fsp3) is 0.294. The number of thiazole rings is 1. The number of nitrogens with zero attached hydrogens (tertiary/aromatic N) is 3. The minimum atomic E-state index is 0.527. The number of aromatic nitrogens is 3. The maximum absolute atomic E-state index is 4.81. The van der Waals surface area contributed by atoms with E-state index in [2.05, 4.69) is 38.0 Å². The highest BCUT2D eigenvalue weighted by atomic mass is 32.1. The average molecular weight is 325 g/mol. The number of H-pyrrole nitrogens is 1. The van der Waals surface area contributed by atoms with Gasteiger partial charge in [-0.15, -0.1) is 11.3 Å². The van der Waals surface area contributed by atoms with E-state index < -0.39 is 0 Å². The fourth-order valence-corrected chi connectivity index (χ4v) is 3.91. The average Bonchev–Trinajstić information content (AvgIpc) is 3.22. The Morgan fingerprint density at radius 3 is 3.13 bits per heavy atom. The van der Waals surface area contributed by atoms with E-state index in [4.69, 9.17) is 4.99 Å². The second-order valence-electron chi connectivity index (χ2n) is 5.73. The third-order valence-corrected chi connectivity index (χ3v) is 5.08. The Bertz CT molecular complexity index is 895. The first-order valence-corrected chi connectivity index (χ1v) is 8.73. The lowest BCUT2D eigenvalue weighted by Gasteiger charge is -2.23. The minimum absolute atomic E-state index is 0.527. The van der Waals surface area contributed by atoms with Crippen LogP contribution in [0.3, 0.4) is 0 Å². The molecular weight excluding hydrogens is 306 g/mol. The summed E-state index contributed by atoms with van der Waals surface area (Å²) in [4.78, 5) is 13.3. The van der Waals surface area contributed by atoms with Crippen molar-refractivity contribution in [2.45, 2.75) is 18.9 Å². The lowest BCUT2D eigenvalue weighted by molar-refractivity contribution is 0.363. The maximum atomic E-state index is 4.81. The quantitative estimate of drug-likeness (QED) is 0.778. The summed E-state index contributed by atoms with van der Waals surface area (Å²) in [6, 6.07) is 4.51. The fourth-order valence-electron chi connectivity index (χ4n) is 3.10. The van der Waals surface area contributed by atoms with Crippen LogP contribution in [0.5, 0.6) is 0 Å². The molecule has 118 valence electrons. The number of hydrogen-bond acceptors (Lipinski definition) is 4. The summed E-state index contributed by atoms with van der Waals surface area (Å²) in [5.41, 5.74) is 2.66. The van der Waals surface area contributed by atoms with Gasteiger partial charge in [-0.1, -0.05) is 6.58 Å². The summed E-state index contributed by atoms with van der Waals surface area (Å²) < 4.78 is 2.30. The van der Waals surface area contributed by atoms with Crippen molar-refractivity contribution in [3.05, 3.63) is 53.0 Å². The van der Waals surface area contributed by atoms with Crippen LogP contribution in [0.25, 0.3) is 16.7 Å². The van der Waals surface area contributed by atoms with E-state index in [1.807, 2.05) is 18.3 Å². The van der Waals surface area contributed by atoms with Crippen molar-refractivity contribution >= 4 is 28.1 Å². The summed E-state index contributed by atoms with van der Waals surface area (Å²) in [5.74, 6) is 0. The molecule has 0 spiro atoms. The van der Waals surface area contributed by atoms with Gasteiger partial charge in [-0.05, 0) is 38.1 Å². The summed E-state index contributed by atoms with van der Waals surface area (Å²) in [5, 5.41) is 6.57. The van der Waals surface area contributed by atoms with Crippen LogP contribution >= 0.6 is 11.3 Å². The number of fused-ring (bicyclic) bond motifs is 1. The molecule has 0 aromatic carbocycles. The molecule has 1 aliphatic rings. The lowest BCUT2D eigenvalue weighted by atomic mass is 10.1. The van der Waals surface area contributed by atoms with Gasteiger partial charge < -0.3 is 14.9 Å². The van der Waals surface area contributed by atoms with E-state index >= 15 is 0 Å². The molecule has 1 fully saturated rings. The standard InChI is InChI=1S/C17H19N5S/c1-12(15-11-20-16-14(15)3-2-6-19-16)21-17-22(9-10-23-17)13-4-7-18-8-5-13/h2-3,6,9-11,13,18H,1,4-5,7-8H2,(H,19,20). The summed E-state index contributed by atoms with van der Waals surface area (Å²) in [7, 11) is 0. The zero-order chi connectivity index (χ0) is 15.6. The monoisotopic (exact) mass is 325 g/mol. The molecule has 3 aromatic heterocycles. The molecule has 0 saturated carbocycles. The molecule has 2 N–H and O–H groups in total. The molecule has 0 aliphatic carbocycles. The molecule has 0 radical (unpaired) electrons. The van der Waals surface area contributed by atoms with Crippen LogP contribution in [0.2, 0.25) is 0 Å². The Morgan fingerprint density at radius 1 is 1.39 bits per heavy atom. The highest BCUT2D eigenvalue weighted by molar-refractivity contribution is 7.07. The molecule has 4 rings (SSSR count). The van der Waals surface area contributed by atoms with Crippen molar-refractivity contribution in [1.29, 1.82) is 0 Å². The first-order chi connectivity index (χ1) is 11.3. The zero-order valence-electron chi connectivity index (χ0n) is 12.8. The van der Waals surface area contributed by atoms with E-state index in [-0.39, 0.29) is 0 Å². The van der Waals surface area contributed by atoms with Gasteiger partial charge in [0, 0.05) is 41.0 Å². The molecule has 1 saturated heterocycles. The Labute approximate surface area is 138 Å². The van der Waals surface area contributed by atoms with Gasteiger partial charge in [-0.25, -0.2) is 9.98 Å². The number of piperidine rings is 1. The number of nitrogens with one attached hydrogen (secondary N) is 2. The third-order valence-electron chi connectivity index (χ3n) is 4.31. The van der Waals surface area contributed by atoms with E-state index in [9.17, 15) is 0 Å². The van der Waals surface area contributed by atoms with Gasteiger partial charge in [0.1, 0.15) is 5.65 Å². The van der Waals surface area contributed by atoms with Crippen molar-refractivity contribution in [3.8, 4) is 0 Å². The topological polar surface area (TPSA) is 58.0 Å². The van der Waals surface area contributed by atoms with E-state index in [0.29, 0.717) is 6.04 Å². The maximum Gasteiger partial charge on any atom is 0.190 e. The highest BCUT2D eigenvalue weighted by Crippen LogP contribution is 2.23. The normalized spacial score (nSPS) is 17.0. The highest BCUT2D eigenvalue weighted by Gasteiger charge is 2.15. The van der Waals surface area contributed by atoms with Crippen molar-refractivity contribution < 1.29 is 0 Å². The molecular formula is C17H19N5S. The van der Waals surface area contributed by atoms with Crippen LogP contribution in [-0.2, 0) is 0 Å². The molecule has 4 heterocycles. The van der Waals surface area contributed by atoms with Crippen LogP contribution < -0.4 is 10.1 Å². The first kappa shape index (κ1) is 14.4. The number of pyridine rings is 1. The summed E-state index contributed by atoms with van der Waals surface area (Å²) in [6.07, 6.45) is 8.16. The molecule has 6 heteroatoms. The smallest absolute Gasteiger partial charge is 0.190 e. The van der Waals surface area contributed by atoms with Gasteiger partial charge >= 0.3 is 0 Å². The van der Waals surface area contributed by atoms with Gasteiger partial charge in [0.25, 0.3) is 0 Å². The molecule has 5 nitrogen and oxygen atoms in total. The van der Waals surface area contributed by atoms with Crippen LogP contribution in [-0.4, -0.2) is 27.6 Å². The SMILES string of the molecule is C=C(N=c1sccn1C1CCNCC1)c1c[nH]c2ncccc12. The van der Waals surface area contributed by atoms with Crippen molar-refractivity contribution in [3.63, 3.8) is 0 Å². The zero-order valence-corrected chi connectivity index (χ0v) is 13.6. The summed E-state index contributed by atoms with van der Waals surface area (Å²) in [6.45, 7) is 6.32. The number of aromatic amines is 1. The summed E-state index contributed by atoms with van der Waals surface area (Å²) >= 11 is 1.66. The Hall–Kier alpha value is -2.18. The second-order valence-corrected chi connectivity index (χ2v) is 6.61. The van der Waals surface area contributed by atoms with Crippen LogP contribution in [0.15, 0.2) is 47.7 Å². The Kier molecular flexibility index (Phi) is 3.85. The molecule has 1 aliphatic heterocycles. The second kappa shape index (κ2) is 6.14. The molecule has 0 unspecified atom stereocenters. The van der Waals surface area contributed by atoms with Crippen molar-refractivity contribution in [1.82, 2.24) is 19.9 Å². The molecule has 3 aromatic rings. The van der Waals surface area contributed by atoms with Crippen molar-refractivity contribution in [2.24, 2.45) is 4.99 Å². The first-order valence-electron chi connectivity index (χ1n) is 7.85. The van der Waals surface area contributed by atoms with Gasteiger partial charge in [-0.2, -0.15) is 0 Å². The third kappa shape index (κ3) is 2.75. The van der Waals surface area contributed by atoms with Gasteiger partial charge in [0.15, 0.2) is 4.80 Å². The molecule has 23 heavy (non-hydrogen) atoms. The van der Waals surface area contributed by atoms with E-state index in [1.165, 1.54) is 0 Å². The molecule has 0 amide bonds. The predicted octanol–water partition coefficient (Wildman–Crippen LogP) is 2.92. The van der Waals surface area contributed by atoms with Gasteiger partial charge in [0.05, 0.1) is 5.70 Å². The molecule has 0 bridgehead atoms. The predicted molar refractivity (Wildman–Crippen MR) is 94.1 cm³/mol. The van der Waals surface area contributed by atoms with Gasteiger partial charge in [-0.3, -0.25) is 0 Å². The molecule has 0 atom stereocenters. The Balaban J connectivity index is 1.70. The van der Waals surface area contributed by atoms with Crippen molar-refractivity contribution in [2.75, 3.05) is 13.1 Å². The Morgan fingerprint density at radius 2 is 2.26 bits per heavy atom. The van der Waals surface area contributed by atoms with Crippen LogP contribution in [0.1, 0.15) is 24.4 Å². The van der Waals surface area contributed by atoms with E-state index in [0.717, 1.165) is 53.0 Å². The largest absolute Gasteiger partial charge is 0.345 e. The van der Waals surface area contributed by atoms with E-state index in [1.54, 1.807) is 17.5 Å². The lowest BCUT2D eigenvalue weighted by Crippen LogP contribution is -2.32. The minimum Gasteiger partial charge on any atom is -0.345 e.